The van der Waals surface area contributed by atoms with Gasteiger partial charge in [-0.25, -0.2) is 8.42 Å². The Bertz CT molecular complexity index is 699. The first-order valence-electron chi connectivity index (χ1n) is 8.83. The molecule has 0 aliphatic heterocycles. The van der Waals surface area contributed by atoms with Gasteiger partial charge in [0.05, 0.1) is 18.8 Å². The molecule has 138 valence electrons. The van der Waals surface area contributed by atoms with Gasteiger partial charge in [0, 0.05) is 6.54 Å². The van der Waals surface area contributed by atoms with E-state index >= 15 is 0 Å². The highest BCUT2D eigenvalue weighted by atomic mass is 32.2. The molecule has 2 rings (SSSR count). The highest BCUT2D eigenvalue weighted by Gasteiger charge is 2.21. The molecule has 0 fully saturated rings. The number of carbonyl (C=O) groups excluding carboxylic acids is 1. The fraction of sp³-hybridized carbons (Fsp3) is 0.526. The van der Waals surface area contributed by atoms with Crippen LogP contribution in [-0.4, -0.2) is 38.0 Å². The van der Waals surface area contributed by atoms with Gasteiger partial charge in [-0.15, -0.1) is 0 Å². The predicted molar refractivity (Wildman–Crippen MR) is 101 cm³/mol. The van der Waals surface area contributed by atoms with Gasteiger partial charge < -0.3 is 5.32 Å². The second-order valence-electron chi connectivity index (χ2n) is 6.65. The maximum absolute atomic E-state index is 12.3. The van der Waals surface area contributed by atoms with Gasteiger partial charge in [0.25, 0.3) is 0 Å². The Kier molecular flexibility index (Phi) is 7.20. The van der Waals surface area contributed by atoms with Gasteiger partial charge in [0.15, 0.2) is 0 Å². The Balaban J connectivity index is 1.92. The topological polar surface area (TPSA) is 66.5 Å². The molecule has 1 aliphatic carbocycles. The molecular weight excluding hydrogens is 336 g/mol. The quantitative estimate of drug-likeness (QED) is 0.721. The van der Waals surface area contributed by atoms with Gasteiger partial charge in [-0.1, -0.05) is 42.0 Å². The minimum atomic E-state index is -3.42. The normalized spacial score (nSPS) is 16.4. The van der Waals surface area contributed by atoms with Crippen LogP contribution in [0.1, 0.15) is 50.6 Å². The minimum Gasteiger partial charge on any atom is -0.348 e. The fourth-order valence-corrected chi connectivity index (χ4v) is 3.81. The van der Waals surface area contributed by atoms with Crippen molar-refractivity contribution in [3.05, 3.63) is 47.5 Å². The Morgan fingerprint density at radius 3 is 2.56 bits per heavy atom. The summed E-state index contributed by atoms with van der Waals surface area (Å²) in [5, 5.41) is 2.88. The van der Waals surface area contributed by atoms with E-state index in [1.165, 1.54) is 22.7 Å². The molecular formula is C19H28N2O3S. The SMILES string of the molecule is CC(NC(=O)CN(CCC1=CCCCC1)S(C)(=O)=O)c1ccccc1. The zero-order chi connectivity index (χ0) is 18.3. The third kappa shape index (κ3) is 6.63. The summed E-state index contributed by atoms with van der Waals surface area (Å²) in [7, 11) is -3.42. The number of amides is 1. The first-order valence-corrected chi connectivity index (χ1v) is 10.7. The Morgan fingerprint density at radius 1 is 1.24 bits per heavy atom. The van der Waals surface area contributed by atoms with Gasteiger partial charge in [-0.3, -0.25) is 4.79 Å². The molecule has 1 amide bonds. The lowest BCUT2D eigenvalue weighted by molar-refractivity contribution is -0.121. The summed E-state index contributed by atoms with van der Waals surface area (Å²) in [6.07, 6.45) is 8.56. The first kappa shape index (κ1) is 19.7. The first-order chi connectivity index (χ1) is 11.9. The zero-order valence-corrected chi connectivity index (χ0v) is 15.9. The van der Waals surface area contributed by atoms with E-state index in [-0.39, 0.29) is 18.5 Å². The molecule has 1 unspecified atom stereocenters. The van der Waals surface area contributed by atoms with Crippen LogP contribution in [0.3, 0.4) is 0 Å². The maximum Gasteiger partial charge on any atom is 0.235 e. The van der Waals surface area contributed by atoms with Crippen LogP contribution in [0.25, 0.3) is 0 Å². The maximum atomic E-state index is 12.3. The van der Waals surface area contributed by atoms with E-state index in [1.54, 1.807) is 0 Å². The van der Waals surface area contributed by atoms with Crippen LogP contribution in [-0.2, 0) is 14.8 Å². The summed E-state index contributed by atoms with van der Waals surface area (Å²) in [6.45, 7) is 2.12. The van der Waals surface area contributed by atoms with E-state index in [0.717, 1.165) is 24.7 Å². The predicted octanol–water partition coefficient (Wildman–Crippen LogP) is 3.02. The number of sulfonamides is 1. The average molecular weight is 365 g/mol. The van der Waals surface area contributed by atoms with Crippen LogP contribution in [0, 0.1) is 0 Å². The number of carbonyl (C=O) groups is 1. The van der Waals surface area contributed by atoms with E-state index in [9.17, 15) is 13.2 Å². The number of hydrogen-bond donors (Lipinski definition) is 1. The van der Waals surface area contributed by atoms with Crippen LogP contribution in [0.5, 0.6) is 0 Å². The number of hydrogen-bond acceptors (Lipinski definition) is 3. The van der Waals surface area contributed by atoms with Crippen molar-refractivity contribution in [2.24, 2.45) is 0 Å². The monoisotopic (exact) mass is 364 g/mol. The van der Waals surface area contributed by atoms with Crippen LogP contribution in [0.4, 0.5) is 0 Å². The molecule has 0 aromatic heterocycles. The number of allylic oxidation sites excluding steroid dienone is 1. The molecule has 0 saturated heterocycles. The lowest BCUT2D eigenvalue weighted by atomic mass is 9.97. The third-order valence-corrected chi connectivity index (χ3v) is 5.78. The van der Waals surface area contributed by atoms with Crippen molar-refractivity contribution in [2.45, 2.75) is 45.1 Å². The lowest BCUT2D eigenvalue weighted by Gasteiger charge is -2.22. The summed E-state index contributed by atoms with van der Waals surface area (Å²) in [5.74, 6) is -0.278. The Labute approximate surface area is 151 Å². The molecule has 0 heterocycles. The van der Waals surface area contributed by atoms with Crippen molar-refractivity contribution in [1.82, 2.24) is 9.62 Å². The summed E-state index contributed by atoms with van der Waals surface area (Å²) in [5.41, 5.74) is 2.30. The summed E-state index contributed by atoms with van der Waals surface area (Å²) < 4.78 is 25.3. The van der Waals surface area contributed by atoms with Gasteiger partial charge in [0.1, 0.15) is 0 Å². The van der Waals surface area contributed by atoms with E-state index in [1.807, 2.05) is 37.3 Å². The molecule has 25 heavy (non-hydrogen) atoms. The lowest BCUT2D eigenvalue weighted by Crippen LogP contribution is -2.41. The fourth-order valence-electron chi connectivity index (χ4n) is 3.03. The third-order valence-electron chi connectivity index (χ3n) is 4.53. The van der Waals surface area contributed by atoms with E-state index in [4.69, 9.17) is 0 Å². The van der Waals surface area contributed by atoms with Gasteiger partial charge in [-0.2, -0.15) is 4.31 Å². The number of nitrogens with one attached hydrogen (secondary N) is 1. The van der Waals surface area contributed by atoms with Crippen LogP contribution >= 0.6 is 0 Å². The Hall–Kier alpha value is -1.66. The van der Waals surface area contributed by atoms with Crippen LogP contribution in [0.2, 0.25) is 0 Å². The van der Waals surface area contributed by atoms with Crippen molar-refractivity contribution in [2.75, 3.05) is 19.3 Å². The second kappa shape index (κ2) is 9.15. The molecule has 1 aromatic carbocycles. The zero-order valence-electron chi connectivity index (χ0n) is 15.1. The highest BCUT2D eigenvalue weighted by molar-refractivity contribution is 7.88. The number of benzene rings is 1. The van der Waals surface area contributed by atoms with Crippen molar-refractivity contribution in [3.8, 4) is 0 Å². The van der Waals surface area contributed by atoms with Gasteiger partial charge >= 0.3 is 0 Å². The van der Waals surface area contributed by atoms with Crippen molar-refractivity contribution < 1.29 is 13.2 Å². The average Bonchev–Trinajstić information content (AvgIpc) is 2.59. The molecule has 0 bridgehead atoms. The summed E-state index contributed by atoms with van der Waals surface area (Å²) in [6, 6.07) is 9.47. The molecule has 0 radical (unpaired) electrons. The Morgan fingerprint density at radius 2 is 1.96 bits per heavy atom. The van der Waals surface area contributed by atoms with Gasteiger partial charge in [-0.05, 0) is 44.6 Å². The van der Waals surface area contributed by atoms with Crippen molar-refractivity contribution in [3.63, 3.8) is 0 Å². The van der Waals surface area contributed by atoms with Crippen LogP contribution in [0.15, 0.2) is 42.0 Å². The molecule has 1 N–H and O–H groups in total. The van der Waals surface area contributed by atoms with E-state index < -0.39 is 10.0 Å². The molecule has 0 saturated carbocycles. The number of rotatable bonds is 8. The number of nitrogens with zero attached hydrogens (tertiary/aromatic N) is 1. The molecule has 1 aliphatic rings. The smallest absolute Gasteiger partial charge is 0.235 e. The highest BCUT2D eigenvalue weighted by Crippen LogP contribution is 2.20. The summed E-state index contributed by atoms with van der Waals surface area (Å²) >= 11 is 0. The minimum absolute atomic E-state index is 0.136. The standard InChI is InChI=1S/C19H28N2O3S/c1-16(18-11-7-4-8-12-18)20-19(22)15-21(25(2,23)24)14-13-17-9-5-3-6-10-17/h4,7-9,11-12,16H,3,5-6,10,13-15H2,1-2H3,(H,20,22). The van der Waals surface area contributed by atoms with Crippen LogP contribution < -0.4 is 5.32 Å². The molecule has 5 nitrogen and oxygen atoms in total. The summed E-state index contributed by atoms with van der Waals surface area (Å²) in [4.78, 5) is 12.3. The van der Waals surface area contributed by atoms with Crippen molar-refractivity contribution in [1.29, 1.82) is 0 Å². The van der Waals surface area contributed by atoms with Crippen molar-refractivity contribution >= 4 is 15.9 Å². The van der Waals surface area contributed by atoms with E-state index in [0.29, 0.717) is 13.0 Å². The molecule has 1 atom stereocenters. The molecule has 1 aromatic rings. The second-order valence-corrected chi connectivity index (χ2v) is 8.64. The molecule has 6 heteroatoms. The van der Waals surface area contributed by atoms with Gasteiger partial charge in [0.2, 0.25) is 15.9 Å². The molecule has 0 spiro atoms. The largest absolute Gasteiger partial charge is 0.348 e. The van der Waals surface area contributed by atoms with E-state index in [2.05, 4.69) is 11.4 Å².